The molecule has 3 aromatic carbocycles. The predicted octanol–water partition coefficient (Wildman–Crippen LogP) is 5.76. The van der Waals surface area contributed by atoms with Crippen molar-refractivity contribution in [3.05, 3.63) is 120 Å². The van der Waals surface area contributed by atoms with Crippen LogP contribution < -0.4 is 14.8 Å². The number of benzene rings is 3. The normalized spacial score (nSPS) is 12.8. The molecular weight excluding hydrogens is 509 g/mol. The molecule has 0 fully saturated rings. The molecule has 0 bridgehead atoms. The maximum Gasteiger partial charge on any atom is 0.272 e. The number of amides is 1. The van der Waals surface area contributed by atoms with Crippen molar-refractivity contribution < 1.29 is 18.7 Å². The number of carbonyl (C=O) groups is 1. The molecule has 0 aliphatic heterocycles. The Kier molecular flexibility index (Phi) is 6.61. The fourth-order valence-electron chi connectivity index (χ4n) is 4.70. The second kappa shape index (κ2) is 10.5. The number of pyridine rings is 1. The zero-order valence-electron chi connectivity index (χ0n) is 21.9. The molecule has 1 amide bonds. The lowest BCUT2D eigenvalue weighted by Crippen LogP contribution is -2.39. The Morgan fingerprint density at radius 2 is 1.80 bits per heavy atom. The lowest BCUT2D eigenvalue weighted by Gasteiger charge is -2.26. The minimum atomic E-state index is -0.541. The van der Waals surface area contributed by atoms with Crippen LogP contribution >= 0.6 is 0 Å². The van der Waals surface area contributed by atoms with Crippen LogP contribution in [0.5, 0.6) is 11.5 Å². The second-order valence-corrected chi connectivity index (χ2v) is 9.43. The summed E-state index contributed by atoms with van der Waals surface area (Å²) in [5, 5.41) is 12.8. The van der Waals surface area contributed by atoms with Crippen LogP contribution in [0.25, 0.3) is 22.1 Å². The van der Waals surface area contributed by atoms with E-state index in [1.54, 1.807) is 46.9 Å². The van der Waals surface area contributed by atoms with Crippen molar-refractivity contribution in [1.29, 1.82) is 0 Å². The molecule has 40 heavy (non-hydrogen) atoms. The second-order valence-electron chi connectivity index (χ2n) is 9.43. The number of ether oxygens (including phenoxy) is 2. The Morgan fingerprint density at radius 1 is 0.950 bits per heavy atom. The number of carbonyl (C=O) groups excluding carboxylic acids is 1. The quantitative estimate of drug-likeness (QED) is 0.268. The van der Waals surface area contributed by atoms with Gasteiger partial charge in [-0.1, -0.05) is 18.2 Å². The number of methoxy groups -OCH3 is 1. The summed E-state index contributed by atoms with van der Waals surface area (Å²) < 4.78 is 28.8. The third kappa shape index (κ3) is 4.96. The maximum atomic E-state index is 13.4. The average molecular weight is 536 g/mol. The molecule has 0 aliphatic carbocycles. The Bertz CT molecular complexity index is 1780. The van der Waals surface area contributed by atoms with Crippen LogP contribution in [-0.4, -0.2) is 38.5 Å². The van der Waals surface area contributed by atoms with E-state index in [9.17, 15) is 9.18 Å². The molecule has 0 saturated heterocycles. The first-order chi connectivity index (χ1) is 19.5. The molecule has 9 heteroatoms. The molecule has 0 spiro atoms. The number of aromatic nitrogens is 4. The summed E-state index contributed by atoms with van der Waals surface area (Å²) in [6, 6.07) is 26.4. The van der Waals surface area contributed by atoms with Gasteiger partial charge >= 0.3 is 0 Å². The lowest BCUT2D eigenvalue weighted by atomic mass is 10.0. The van der Waals surface area contributed by atoms with Gasteiger partial charge in [-0.25, -0.2) is 13.6 Å². The minimum Gasteiger partial charge on any atom is -0.497 e. The molecule has 2 atom stereocenters. The maximum absolute atomic E-state index is 13.4. The summed E-state index contributed by atoms with van der Waals surface area (Å²) in [6.45, 7) is 1.89. The van der Waals surface area contributed by atoms with E-state index in [1.165, 1.54) is 12.1 Å². The van der Waals surface area contributed by atoms with E-state index >= 15 is 0 Å². The van der Waals surface area contributed by atoms with Gasteiger partial charge in [-0.15, -0.1) is 0 Å². The van der Waals surface area contributed by atoms with Crippen LogP contribution in [0.4, 0.5) is 4.39 Å². The van der Waals surface area contributed by atoms with Gasteiger partial charge < -0.3 is 14.8 Å². The summed E-state index contributed by atoms with van der Waals surface area (Å²) in [6.07, 6.45) is 2.99. The Hall–Kier alpha value is -5.18. The molecule has 200 valence electrons. The van der Waals surface area contributed by atoms with Gasteiger partial charge in [0, 0.05) is 11.6 Å². The zero-order valence-corrected chi connectivity index (χ0v) is 21.9. The van der Waals surface area contributed by atoms with Crippen LogP contribution in [0.2, 0.25) is 0 Å². The van der Waals surface area contributed by atoms with Crippen molar-refractivity contribution in [2.24, 2.45) is 0 Å². The standard InChI is InChI=1S/C31H26FN5O3/c1-20(34-31(38)28-18-25-7-3-4-15-36(25)35-28)30(21-6-5-8-26(16-21)39-2)40-27-13-14-29-22(17-27)19-33-37(29)24-11-9-23(32)10-12-24/h3-20,30H,1-2H3,(H,34,38). The highest BCUT2D eigenvalue weighted by Crippen LogP contribution is 2.30. The largest absolute Gasteiger partial charge is 0.497 e. The molecule has 3 aromatic heterocycles. The smallest absolute Gasteiger partial charge is 0.272 e. The molecular formula is C31H26FN5O3. The zero-order chi connectivity index (χ0) is 27.6. The van der Waals surface area contributed by atoms with Crippen LogP contribution in [0.1, 0.15) is 29.1 Å². The van der Waals surface area contributed by atoms with Gasteiger partial charge in [0.05, 0.1) is 36.1 Å². The van der Waals surface area contributed by atoms with E-state index in [1.807, 2.05) is 67.6 Å². The van der Waals surface area contributed by atoms with E-state index in [4.69, 9.17) is 9.47 Å². The van der Waals surface area contributed by atoms with Crippen molar-refractivity contribution in [2.75, 3.05) is 7.11 Å². The molecule has 3 heterocycles. The first-order valence-corrected chi connectivity index (χ1v) is 12.8. The fraction of sp³-hybridized carbons (Fsp3) is 0.129. The van der Waals surface area contributed by atoms with Crippen molar-refractivity contribution in [3.63, 3.8) is 0 Å². The molecule has 0 saturated carbocycles. The van der Waals surface area contributed by atoms with Crippen LogP contribution in [0, 0.1) is 5.82 Å². The van der Waals surface area contributed by atoms with Crippen molar-refractivity contribution in [2.45, 2.75) is 19.1 Å². The van der Waals surface area contributed by atoms with Crippen LogP contribution in [0.15, 0.2) is 103 Å². The summed E-state index contributed by atoms with van der Waals surface area (Å²) in [4.78, 5) is 13.2. The van der Waals surface area contributed by atoms with Crippen LogP contribution in [-0.2, 0) is 0 Å². The minimum absolute atomic E-state index is 0.302. The Balaban J connectivity index is 1.29. The monoisotopic (exact) mass is 535 g/mol. The molecule has 0 radical (unpaired) electrons. The highest BCUT2D eigenvalue weighted by molar-refractivity contribution is 5.93. The van der Waals surface area contributed by atoms with E-state index in [0.717, 1.165) is 27.7 Å². The fourth-order valence-corrected chi connectivity index (χ4v) is 4.70. The molecule has 8 nitrogen and oxygen atoms in total. The predicted molar refractivity (Wildman–Crippen MR) is 150 cm³/mol. The number of hydrogen-bond donors (Lipinski definition) is 1. The van der Waals surface area contributed by atoms with Crippen molar-refractivity contribution in [3.8, 4) is 17.2 Å². The summed E-state index contributed by atoms with van der Waals surface area (Å²) in [7, 11) is 1.61. The average Bonchev–Trinajstić information content (AvgIpc) is 3.61. The molecule has 2 unspecified atom stereocenters. The van der Waals surface area contributed by atoms with E-state index < -0.39 is 12.1 Å². The number of nitrogens with one attached hydrogen (secondary N) is 1. The third-order valence-electron chi connectivity index (χ3n) is 6.71. The Labute approximate surface area is 229 Å². The van der Waals surface area contributed by atoms with E-state index in [0.29, 0.717) is 17.2 Å². The number of nitrogens with zero attached hydrogens (tertiary/aromatic N) is 4. The van der Waals surface area contributed by atoms with Crippen LogP contribution in [0.3, 0.4) is 0 Å². The third-order valence-corrected chi connectivity index (χ3v) is 6.71. The molecule has 6 rings (SSSR count). The van der Waals surface area contributed by atoms with Gasteiger partial charge in [0.25, 0.3) is 5.91 Å². The number of rotatable bonds is 8. The Morgan fingerprint density at radius 3 is 2.60 bits per heavy atom. The van der Waals surface area contributed by atoms with Crippen molar-refractivity contribution in [1.82, 2.24) is 24.7 Å². The van der Waals surface area contributed by atoms with Crippen molar-refractivity contribution >= 4 is 22.3 Å². The molecule has 6 aromatic rings. The number of fused-ring (bicyclic) bond motifs is 2. The highest BCUT2D eigenvalue weighted by Gasteiger charge is 2.25. The van der Waals surface area contributed by atoms with Gasteiger partial charge in [-0.3, -0.25) is 4.79 Å². The highest BCUT2D eigenvalue weighted by atomic mass is 19.1. The van der Waals surface area contributed by atoms with Gasteiger partial charge in [0.2, 0.25) is 0 Å². The van der Waals surface area contributed by atoms with Gasteiger partial charge in [-0.05, 0) is 85.3 Å². The first-order valence-electron chi connectivity index (χ1n) is 12.8. The summed E-state index contributed by atoms with van der Waals surface area (Å²) >= 11 is 0. The molecule has 1 N–H and O–H groups in total. The number of halogens is 1. The molecule has 0 aliphatic rings. The van der Waals surface area contributed by atoms with Gasteiger partial charge in [0.15, 0.2) is 5.69 Å². The lowest BCUT2D eigenvalue weighted by molar-refractivity contribution is 0.0876. The van der Waals surface area contributed by atoms with E-state index in [-0.39, 0.29) is 11.7 Å². The summed E-state index contributed by atoms with van der Waals surface area (Å²) in [5.74, 6) is 0.680. The van der Waals surface area contributed by atoms with E-state index in [2.05, 4.69) is 15.5 Å². The first kappa shape index (κ1) is 25.1. The van der Waals surface area contributed by atoms with Gasteiger partial charge in [0.1, 0.15) is 23.4 Å². The topological polar surface area (TPSA) is 82.7 Å². The van der Waals surface area contributed by atoms with Gasteiger partial charge in [-0.2, -0.15) is 10.2 Å². The summed E-state index contributed by atoms with van der Waals surface area (Å²) in [5.41, 5.74) is 3.59. The SMILES string of the molecule is COc1cccc(C(Oc2ccc3c(cnn3-c3ccc(F)cc3)c2)C(C)NC(=O)c2cc3ccccn3n2)c1. The number of hydrogen-bond acceptors (Lipinski definition) is 5.